The Hall–Kier alpha value is -2.17. The molecule has 0 aliphatic heterocycles. The second-order valence-electron chi connectivity index (χ2n) is 2.73. The molecule has 1 rings (SSSR count). The summed E-state index contributed by atoms with van der Waals surface area (Å²) < 4.78 is 37.5. The Labute approximate surface area is 87.3 Å². The van der Waals surface area contributed by atoms with Crippen molar-refractivity contribution in [2.24, 2.45) is 0 Å². The maximum Gasteiger partial charge on any atom is 0.301 e. The van der Waals surface area contributed by atoms with E-state index >= 15 is 0 Å². The molecule has 0 radical (unpaired) electrons. The first-order valence-corrected chi connectivity index (χ1v) is 3.96. The average Bonchev–Trinajstić information content (AvgIpc) is 2.16. The van der Waals surface area contributed by atoms with Crippen molar-refractivity contribution in [3.05, 3.63) is 33.4 Å². The summed E-state index contributed by atoms with van der Waals surface area (Å²) >= 11 is 0. The van der Waals surface area contributed by atoms with E-state index in [4.69, 9.17) is 5.26 Å². The molecule has 1 heterocycles. The van der Waals surface area contributed by atoms with Gasteiger partial charge in [0.15, 0.2) is 5.69 Å². The summed E-state index contributed by atoms with van der Waals surface area (Å²) in [6.45, 7) is 0. The van der Waals surface area contributed by atoms with Gasteiger partial charge in [-0.25, -0.2) is 13.8 Å². The zero-order valence-corrected chi connectivity index (χ0v) is 7.65. The normalized spacial score (nSPS) is 10.2. The van der Waals surface area contributed by atoms with Crippen molar-refractivity contribution in [3.8, 4) is 6.07 Å². The highest BCUT2D eigenvalue weighted by atomic mass is 19.3. The maximum absolute atomic E-state index is 12.8. The van der Waals surface area contributed by atoms with Gasteiger partial charge in [-0.1, -0.05) is 0 Å². The lowest BCUT2D eigenvalue weighted by Gasteiger charge is -2.04. The molecule has 0 bridgehead atoms. The smallest absolute Gasteiger partial charge is 0.258 e. The number of nitrogens with zero attached hydrogens (tertiary/aromatic N) is 3. The lowest BCUT2D eigenvalue weighted by atomic mass is 10.1. The number of alkyl halides is 2. The van der Waals surface area contributed by atoms with Gasteiger partial charge in [-0.05, 0) is 0 Å². The van der Waals surface area contributed by atoms with Crippen LogP contribution in [0.3, 0.4) is 0 Å². The second kappa shape index (κ2) is 4.57. The Morgan fingerprint density at radius 1 is 1.62 bits per heavy atom. The number of aromatic nitrogens is 1. The Morgan fingerprint density at radius 3 is 2.69 bits per heavy atom. The van der Waals surface area contributed by atoms with Gasteiger partial charge in [0.2, 0.25) is 5.95 Å². The molecule has 8 heteroatoms. The monoisotopic (exact) mass is 231 g/mol. The van der Waals surface area contributed by atoms with Crippen LogP contribution in [0.5, 0.6) is 0 Å². The standard InChI is InChI=1S/C8H4F3N3O2/c9-5-3-4(1-2-12)7(14(15)16)6(13-5)8(10)11/h3,8H,1H2. The highest BCUT2D eigenvalue weighted by Gasteiger charge is 2.28. The molecule has 0 atom stereocenters. The van der Waals surface area contributed by atoms with E-state index in [9.17, 15) is 23.3 Å². The van der Waals surface area contributed by atoms with Crippen LogP contribution in [0, 0.1) is 27.4 Å². The molecule has 0 N–H and O–H groups in total. The minimum Gasteiger partial charge on any atom is -0.258 e. The van der Waals surface area contributed by atoms with Crippen LogP contribution in [-0.4, -0.2) is 9.91 Å². The lowest BCUT2D eigenvalue weighted by Crippen LogP contribution is -2.05. The van der Waals surface area contributed by atoms with Crippen LogP contribution in [0.2, 0.25) is 0 Å². The van der Waals surface area contributed by atoms with E-state index in [-0.39, 0.29) is 0 Å². The maximum atomic E-state index is 12.8. The van der Waals surface area contributed by atoms with Crippen molar-refractivity contribution >= 4 is 5.69 Å². The molecule has 0 aliphatic rings. The first-order chi connectivity index (χ1) is 7.47. The molecule has 16 heavy (non-hydrogen) atoms. The van der Waals surface area contributed by atoms with Crippen LogP contribution in [-0.2, 0) is 6.42 Å². The molecule has 0 saturated carbocycles. The molecule has 0 fully saturated rings. The fraction of sp³-hybridized carbons (Fsp3) is 0.250. The van der Waals surface area contributed by atoms with Crippen molar-refractivity contribution in [2.45, 2.75) is 12.8 Å². The quantitative estimate of drug-likeness (QED) is 0.453. The third kappa shape index (κ3) is 2.25. The molecular weight excluding hydrogens is 227 g/mol. The first-order valence-electron chi connectivity index (χ1n) is 3.96. The summed E-state index contributed by atoms with van der Waals surface area (Å²) in [6.07, 6.45) is -3.80. The molecule has 0 unspecified atom stereocenters. The summed E-state index contributed by atoms with van der Waals surface area (Å²) in [7, 11) is 0. The molecule has 1 aromatic heterocycles. The molecule has 0 spiro atoms. The molecule has 84 valence electrons. The Kier molecular flexibility index (Phi) is 3.40. The van der Waals surface area contributed by atoms with Crippen LogP contribution in [0.1, 0.15) is 17.7 Å². The predicted octanol–water partition coefficient (Wildman–Crippen LogP) is 2.13. The van der Waals surface area contributed by atoms with E-state index in [0.29, 0.717) is 6.07 Å². The van der Waals surface area contributed by atoms with Crippen LogP contribution < -0.4 is 0 Å². The highest BCUT2D eigenvalue weighted by molar-refractivity contribution is 5.45. The van der Waals surface area contributed by atoms with Gasteiger partial charge in [0.25, 0.3) is 6.43 Å². The number of pyridine rings is 1. The largest absolute Gasteiger partial charge is 0.301 e. The third-order valence-electron chi connectivity index (χ3n) is 1.73. The summed E-state index contributed by atoms with van der Waals surface area (Å²) in [6, 6.07) is 2.13. The number of hydrogen-bond acceptors (Lipinski definition) is 4. The molecule has 1 aromatic rings. The molecule has 0 amide bonds. The van der Waals surface area contributed by atoms with Gasteiger partial charge in [-0.3, -0.25) is 10.1 Å². The average molecular weight is 231 g/mol. The number of hydrogen-bond donors (Lipinski definition) is 0. The molecular formula is C8H4F3N3O2. The topological polar surface area (TPSA) is 79.8 Å². The Balaban J connectivity index is 3.48. The highest BCUT2D eigenvalue weighted by Crippen LogP contribution is 2.30. The predicted molar refractivity (Wildman–Crippen MR) is 45.1 cm³/mol. The number of halogens is 3. The lowest BCUT2D eigenvalue weighted by molar-refractivity contribution is -0.387. The van der Waals surface area contributed by atoms with E-state index in [0.717, 1.165) is 0 Å². The van der Waals surface area contributed by atoms with Gasteiger partial charge in [-0.2, -0.15) is 9.65 Å². The third-order valence-corrected chi connectivity index (χ3v) is 1.73. The fourth-order valence-electron chi connectivity index (χ4n) is 1.16. The van der Waals surface area contributed by atoms with Crippen molar-refractivity contribution in [3.63, 3.8) is 0 Å². The van der Waals surface area contributed by atoms with Gasteiger partial charge in [0, 0.05) is 6.07 Å². The fourth-order valence-corrected chi connectivity index (χ4v) is 1.16. The minimum atomic E-state index is -3.27. The molecule has 0 saturated heterocycles. The zero-order valence-electron chi connectivity index (χ0n) is 7.65. The molecule has 0 aliphatic carbocycles. The van der Waals surface area contributed by atoms with E-state index in [1.165, 1.54) is 6.07 Å². The van der Waals surface area contributed by atoms with Crippen LogP contribution in [0.15, 0.2) is 6.07 Å². The summed E-state index contributed by atoms with van der Waals surface area (Å²) in [4.78, 5) is 12.2. The van der Waals surface area contributed by atoms with E-state index in [1.807, 2.05) is 0 Å². The van der Waals surface area contributed by atoms with Crippen LogP contribution >= 0.6 is 0 Å². The first kappa shape index (κ1) is 11.9. The summed E-state index contributed by atoms with van der Waals surface area (Å²) in [5.74, 6) is -1.27. The summed E-state index contributed by atoms with van der Waals surface area (Å²) in [5.41, 5.74) is -2.66. The van der Waals surface area contributed by atoms with Gasteiger partial charge in [-0.15, -0.1) is 0 Å². The summed E-state index contributed by atoms with van der Waals surface area (Å²) in [5, 5.41) is 18.9. The van der Waals surface area contributed by atoms with Gasteiger partial charge in [0.05, 0.1) is 23.0 Å². The van der Waals surface area contributed by atoms with Crippen LogP contribution in [0.4, 0.5) is 18.9 Å². The van der Waals surface area contributed by atoms with Crippen LogP contribution in [0.25, 0.3) is 0 Å². The van der Waals surface area contributed by atoms with E-state index in [1.54, 1.807) is 0 Å². The second-order valence-corrected chi connectivity index (χ2v) is 2.73. The Bertz CT molecular complexity index is 470. The van der Waals surface area contributed by atoms with Gasteiger partial charge >= 0.3 is 5.69 Å². The van der Waals surface area contributed by atoms with Crippen molar-refractivity contribution in [2.75, 3.05) is 0 Å². The van der Waals surface area contributed by atoms with Crippen molar-refractivity contribution < 1.29 is 18.1 Å². The number of nitriles is 1. The SMILES string of the molecule is N#CCc1cc(F)nc(C(F)F)c1[N+](=O)[O-]. The van der Waals surface area contributed by atoms with E-state index < -0.39 is 40.7 Å². The minimum absolute atomic E-state index is 0.407. The van der Waals surface area contributed by atoms with Gasteiger partial charge in [0.1, 0.15) is 0 Å². The van der Waals surface area contributed by atoms with Gasteiger partial charge < -0.3 is 0 Å². The molecule has 0 aromatic carbocycles. The van der Waals surface area contributed by atoms with E-state index in [2.05, 4.69) is 4.98 Å². The Morgan fingerprint density at radius 2 is 2.25 bits per heavy atom. The van der Waals surface area contributed by atoms with Crippen molar-refractivity contribution in [1.29, 1.82) is 5.26 Å². The molecule has 5 nitrogen and oxygen atoms in total. The van der Waals surface area contributed by atoms with Crippen molar-refractivity contribution in [1.82, 2.24) is 4.98 Å². The number of nitro groups is 1. The zero-order chi connectivity index (χ0) is 12.3. The number of rotatable bonds is 3.